The molecule has 1 aliphatic rings. The highest BCUT2D eigenvalue weighted by atomic mass is 16.6. The number of carbonyl (C=O) groups is 2. The molecule has 0 radical (unpaired) electrons. The molecule has 3 rings (SSSR count). The second-order valence-corrected chi connectivity index (χ2v) is 8.15. The van der Waals surface area contributed by atoms with Crippen molar-refractivity contribution >= 4 is 12.0 Å². The second kappa shape index (κ2) is 12.3. The highest BCUT2D eigenvalue weighted by Gasteiger charge is 2.40. The monoisotopic (exact) mass is 423 g/mol. The van der Waals surface area contributed by atoms with E-state index in [-0.39, 0.29) is 24.5 Å². The third-order valence-electron chi connectivity index (χ3n) is 5.74. The first kappa shape index (κ1) is 23.0. The van der Waals surface area contributed by atoms with E-state index in [0.29, 0.717) is 26.1 Å². The Bertz CT molecular complexity index is 809. The first-order valence-corrected chi connectivity index (χ1v) is 11.3. The van der Waals surface area contributed by atoms with Crippen molar-refractivity contribution in [3.05, 3.63) is 71.8 Å². The van der Waals surface area contributed by atoms with Gasteiger partial charge in [-0.25, -0.2) is 9.69 Å². The molecule has 166 valence electrons. The van der Waals surface area contributed by atoms with Gasteiger partial charge in [-0.05, 0) is 30.4 Å². The van der Waals surface area contributed by atoms with Crippen molar-refractivity contribution in [2.45, 2.75) is 58.1 Å². The van der Waals surface area contributed by atoms with Crippen LogP contribution in [0.25, 0.3) is 0 Å². The summed E-state index contributed by atoms with van der Waals surface area (Å²) in [4.78, 5) is 27.2. The molecule has 1 fully saturated rings. The fourth-order valence-corrected chi connectivity index (χ4v) is 3.99. The first-order valence-electron chi connectivity index (χ1n) is 11.3. The molecule has 1 saturated heterocycles. The Hall–Kier alpha value is -2.66. The average Bonchev–Trinajstić information content (AvgIpc) is 3.16. The van der Waals surface area contributed by atoms with E-state index in [1.807, 2.05) is 60.7 Å². The fraction of sp³-hybridized carbons (Fsp3) is 0.462. The van der Waals surface area contributed by atoms with Crippen LogP contribution in [-0.4, -0.2) is 36.2 Å². The van der Waals surface area contributed by atoms with Crippen molar-refractivity contribution in [1.29, 1.82) is 0 Å². The zero-order valence-electron chi connectivity index (χ0n) is 18.4. The van der Waals surface area contributed by atoms with Gasteiger partial charge < -0.3 is 9.47 Å². The summed E-state index contributed by atoms with van der Waals surface area (Å²) in [7, 11) is 0. The lowest BCUT2D eigenvalue weighted by atomic mass is 9.95. The molecule has 0 aromatic heterocycles. The van der Waals surface area contributed by atoms with E-state index in [1.54, 1.807) is 0 Å². The van der Waals surface area contributed by atoms with Crippen molar-refractivity contribution in [1.82, 2.24) is 4.90 Å². The van der Waals surface area contributed by atoms with Gasteiger partial charge in [0, 0.05) is 12.5 Å². The average molecular weight is 424 g/mol. The van der Waals surface area contributed by atoms with Gasteiger partial charge in [-0.2, -0.15) is 0 Å². The van der Waals surface area contributed by atoms with Crippen LogP contribution < -0.4 is 0 Å². The summed E-state index contributed by atoms with van der Waals surface area (Å²) in [5.41, 5.74) is 2.21. The molecule has 2 atom stereocenters. The molecule has 0 N–H and O–H groups in total. The van der Waals surface area contributed by atoms with E-state index in [0.717, 1.165) is 36.8 Å². The van der Waals surface area contributed by atoms with E-state index >= 15 is 0 Å². The SMILES string of the molecule is CCCCCC(CCOCc1ccccc1)C(=O)N1C(=O)OCC1Cc1ccccc1. The number of carbonyl (C=O) groups excluding carboxylic acids is 2. The Morgan fingerprint density at radius 1 is 1.03 bits per heavy atom. The lowest BCUT2D eigenvalue weighted by Gasteiger charge is -2.25. The van der Waals surface area contributed by atoms with Gasteiger partial charge in [-0.3, -0.25) is 4.79 Å². The van der Waals surface area contributed by atoms with Crippen molar-refractivity contribution in [2.24, 2.45) is 5.92 Å². The van der Waals surface area contributed by atoms with E-state index in [9.17, 15) is 9.59 Å². The van der Waals surface area contributed by atoms with Crippen LogP contribution in [0.1, 0.15) is 50.2 Å². The standard InChI is InChI=1S/C26H33NO4/c1-2-3-6-15-23(16-17-30-19-22-13-9-5-10-14-22)25(28)27-24(20-31-26(27)29)18-21-11-7-4-8-12-21/h4-5,7-14,23-24H,2-3,6,15-20H2,1H3. The van der Waals surface area contributed by atoms with Gasteiger partial charge in [0.15, 0.2) is 0 Å². The molecular weight excluding hydrogens is 390 g/mol. The Kier molecular flexibility index (Phi) is 9.10. The number of hydrogen-bond acceptors (Lipinski definition) is 4. The van der Waals surface area contributed by atoms with Crippen molar-refractivity contribution in [3.8, 4) is 0 Å². The Morgan fingerprint density at radius 3 is 2.39 bits per heavy atom. The third kappa shape index (κ3) is 6.93. The molecule has 2 unspecified atom stereocenters. The van der Waals surface area contributed by atoms with Crippen LogP contribution in [0.5, 0.6) is 0 Å². The summed E-state index contributed by atoms with van der Waals surface area (Å²) in [6.07, 6.45) is 4.61. The molecule has 5 heteroatoms. The number of unbranched alkanes of at least 4 members (excludes halogenated alkanes) is 2. The normalized spacial score (nSPS) is 16.9. The smallest absolute Gasteiger partial charge is 0.416 e. The number of rotatable bonds is 12. The van der Waals surface area contributed by atoms with E-state index < -0.39 is 6.09 Å². The summed E-state index contributed by atoms with van der Waals surface area (Å²) < 4.78 is 11.1. The summed E-state index contributed by atoms with van der Waals surface area (Å²) in [6, 6.07) is 19.7. The highest BCUT2D eigenvalue weighted by Crippen LogP contribution is 2.24. The molecule has 1 aliphatic heterocycles. The maximum atomic E-state index is 13.4. The van der Waals surface area contributed by atoms with E-state index in [1.165, 1.54) is 4.90 Å². The Labute approximate surface area is 185 Å². The highest BCUT2D eigenvalue weighted by molar-refractivity contribution is 5.94. The largest absolute Gasteiger partial charge is 0.447 e. The minimum atomic E-state index is -0.517. The minimum absolute atomic E-state index is 0.122. The van der Waals surface area contributed by atoms with Crippen LogP contribution in [0, 0.1) is 5.92 Å². The molecule has 0 bridgehead atoms. The van der Waals surface area contributed by atoms with Crippen molar-refractivity contribution < 1.29 is 19.1 Å². The van der Waals surface area contributed by atoms with Crippen molar-refractivity contribution in [3.63, 3.8) is 0 Å². The predicted molar refractivity (Wildman–Crippen MR) is 120 cm³/mol. The number of cyclic esters (lactones) is 1. The summed E-state index contributed by atoms with van der Waals surface area (Å²) in [6.45, 7) is 3.42. The topological polar surface area (TPSA) is 55.8 Å². The van der Waals surface area contributed by atoms with Gasteiger partial charge in [0.05, 0.1) is 12.6 Å². The van der Waals surface area contributed by atoms with Gasteiger partial charge in [0.2, 0.25) is 5.91 Å². The Balaban J connectivity index is 1.60. The lowest BCUT2D eigenvalue weighted by molar-refractivity contribution is -0.134. The number of nitrogens with zero attached hydrogens (tertiary/aromatic N) is 1. The van der Waals surface area contributed by atoms with E-state index in [4.69, 9.17) is 9.47 Å². The van der Waals surface area contributed by atoms with Gasteiger partial charge in [0.1, 0.15) is 6.61 Å². The van der Waals surface area contributed by atoms with Crippen LogP contribution in [0.4, 0.5) is 4.79 Å². The van der Waals surface area contributed by atoms with Gasteiger partial charge in [-0.15, -0.1) is 0 Å². The molecule has 31 heavy (non-hydrogen) atoms. The van der Waals surface area contributed by atoms with Crippen LogP contribution >= 0.6 is 0 Å². The molecule has 0 saturated carbocycles. The predicted octanol–water partition coefficient (Wildman–Crippen LogP) is 5.38. The number of amides is 2. The number of imide groups is 1. The molecule has 2 aromatic rings. The zero-order valence-corrected chi connectivity index (χ0v) is 18.4. The minimum Gasteiger partial charge on any atom is -0.447 e. The maximum Gasteiger partial charge on any atom is 0.416 e. The molecule has 1 heterocycles. The van der Waals surface area contributed by atoms with Crippen LogP contribution in [0.3, 0.4) is 0 Å². The molecule has 0 aliphatic carbocycles. The quantitative estimate of drug-likeness (QED) is 0.430. The molecule has 2 amide bonds. The Morgan fingerprint density at radius 2 is 1.71 bits per heavy atom. The molecule has 0 spiro atoms. The maximum absolute atomic E-state index is 13.4. The molecule has 5 nitrogen and oxygen atoms in total. The van der Waals surface area contributed by atoms with Gasteiger partial charge in [0.25, 0.3) is 0 Å². The first-order chi connectivity index (χ1) is 15.2. The number of ether oxygens (including phenoxy) is 2. The van der Waals surface area contributed by atoms with Gasteiger partial charge in [-0.1, -0.05) is 86.8 Å². The summed E-state index contributed by atoms with van der Waals surface area (Å²) >= 11 is 0. The summed E-state index contributed by atoms with van der Waals surface area (Å²) in [5.74, 6) is -0.353. The molecule has 2 aromatic carbocycles. The third-order valence-corrected chi connectivity index (χ3v) is 5.74. The van der Waals surface area contributed by atoms with Crippen LogP contribution in [0.15, 0.2) is 60.7 Å². The van der Waals surface area contributed by atoms with Crippen LogP contribution in [-0.2, 0) is 27.3 Å². The summed E-state index contributed by atoms with van der Waals surface area (Å²) in [5, 5.41) is 0. The lowest BCUT2D eigenvalue weighted by Crippen LogP contribution is -2.43. The number of benzene rings is 2. The van der Waals surface area contributed by atoms with E-state index in [2.05, 4.69) is 6.92 Å². The zero-order chi connectivity index (χ0) is 21.9. The van der Waals surface area contributed by atoms with Gasteiger partial charge >= 0.3 is 6.09 Å². The van der Waals surface area contributed by atoms with Crippen LogP contribution in [0.2, 0.25) is 0 Å². The number of hydrogen-bond donors (Lipinski definition) is 0. The van der Waals surface area contributed by atoms with Crippen molar-refractivity contribution in [2.75, 3.05) is 13.2 Å². The second-order valence-electron chi connectivity index (χ2n) is 8.15. The molecular formula is C26H33NO4. The fourth-order valence-electron chi connectivity index (χ4n) is 3.99.